The van der Waals surface area contributed by atoms with E-state index >= 15 is 0 Å². The van der Waals surface area contributed by atoms with E-state index in [0.717, 1.165) is 0 Å². The molecule has 0 spiro atoms. The normalized spacial score (nSPS) is 12.6. The maximum atomic E-state index is 12.3. The highest BCUT2D eigenvalue weighted by Crippen LogP contribution is 2.35. The van der Waals surface area contributed by atoms with Crippen molar-refractivity contribution in [1.29, 1.82) is 0 Å². The number of hydrogen-bond acceptors (Lipinski definition) is 2. The number of halogens is 6. The molecule has 128 valence electrons. The number of carbonyl (C=O) groups excluding carboxylic acids is 1. The molecule has 2 rings (SSSR count). The highest BCUT2D eigenvalue weighted by molar-refractivity contribution is 6.68. The fourth-order valence-electron chi connectivity index (χ4n) is 1.72. The smallest absolute Gasteiger partial charge is 0.255 e. The summed E-state index contributed by atoms with van der Waals surface area (Å²) in [6.45, 7) is 0. The standard InChI is InChI=1S/C15H9Cl6NO2/c16-8-5-6-12(11(18)7-8)24-14(15(19,20)21)22-13(23)9-3-1-2-4-10(9)17/h1-7,14H,(H,22,23). The summed E-state index contributed by atoms with van der Waals surface area (Å²) in [5, 5.41) is 3.34. The van der Waals surface area contributed by atoms with Crippen LogP contribution in [0.1, 0.15) is 10.4 Å². The number of carbonyl (C=O) groups is 1. The SMILES string of the molecule is O=C(NC(Oc1ccc(Cl)cc1Cl)C(Cl)(Cl)Cl)c1ccccc1Cl. The minimum absolute atomic E-state index is 0.192. The average Bonchev–Trinajstić information content (AvgIpc) is 2.48. The number of amides is 1. The Labute approximate surface area is 168 Å². The van der Waals surface area contributed by atoms with Crippen LogP contribution >= 0.6 is 69.6 Å². The van der Waals surface area contributed by atoms with Crippen LogP contribution in [0, 0.1) is 0 Å². The summed E-state index contributed by atoms with van der Waals surface area (Å²) in [6, 6.07) is 10.9. The van der Waals surface area contributed by atoms with Crippen molar-refractivity contribution in [2.24, 2.45) is 0 Å². The molecule has 0 saturated carbocycles. The second kappa shape index (κ2) is 8.22. The molecule has 3 nitrogen and oxygen atoms in total. The third-order valence-corrected chi connectivity index (χ3v) is 4.27. The van der Waals surface area contributed by atoms with Gasteiger partial charge in [-0.2, -0.15) is 0 Å². The first-order chi connectivity index (χ1) is 11.2. The molecule has 0 aliphatic rings. The van der Waals surface area contributed by atoms with E-state index < -0.39 is 15.9 Å². The van der Waals surface area contributed by atoms with Crippen molar-refractivity contribution < 1.29 is 9.53 Å². The van der Waals surface area contributed by atoms with Gasteiger partial charge >= 0.3 is 0 Å². The van der Waals surface area contributed by atoms with Crippen molar-refractivity contribution in [3.05, 3.63) is 63.1 Å². The Morgan fingerprint density at radius 3 is 2.25 bits per heavy atom. The van der Waals surface area contributed by atoms with Crippen molar-refractivity contribution in [1.82, 2.24) is 5.32 Å². The Kier molecular flexibility index (Phi) is 6.77. The average molecular weight is 448 g/mol. The predicted octanol–water partition coefficient (Wildman–Crippen LogP) is 6.15. The fraction of sp³-hybridized carbons (Fsp3) is 0.133. The lowest BCUT2D eigenvalue weighted by atomic mass is 10.2. The highest BCUT2D eigenvalue weighted by atomic mass is 35.6. The number of nitrogens with one attached hydrogen (secondary N) is 1. The van der Waals surface area contributed by atoms with Crippen LogP contribution < -0.4 is 10.1 Å². The van der Waals surface area contributed by atoms with Crippen LogP contribution in [0.5, 0.6) is 5.75 Å². The van der Waals surface area contributed by atoms with Gasteiger partial charge in [-0.05, 0) is 30.3 Å². The van der Waals surface area contributed by atoms with E-state index in [1.165, 1.54) is 18.2 Å². The zero-order valence-electron chi connectivity index (χ0n) is 11.7. The summed E-state index contributed by atoms with van der Waals surface area (Å²) in [5.74, 6) is -0.376. The maximum absolute atomic E-state index is 12.3. The van der Waals surface area contributed by atoms with Crippen LogP contribution in [0.25, 0.3) is 0 Å². The molecule has 2 aromatic carbocycles. The summed E-state index contributed by atoms with van der Waals surface area (Å²) in [4.78, 5) is 12.3. The minimum Gasteiger partial charge on any atom is -0.464 e. The van der Waals surface area contributed by atoms with Crippen molar-refractivity contribution in [2.75, 3.05) is 0 Å². The molecule has 1 unspecified atom stereocenters. The molecule has 0 fully saturated rings. The number of hydrogen-bond donors (Lipinski definition) is 1. The van der Waals surface area contributed by atoms with Crippen LogP contribution in [-0.4, -0.2) is 15.9 Å². The first kappa shape index (κ1) is 19.8. The second-order valence-corrected chi connectivity index (χ2v) is 8.19. The molecule has 24 heavy (non-hydrogen) atoms. The molecule has 0 bridgehead atoms. The lowest BCUT2D eigenvalue weighted by molar-refractivity contribution is 0.0833. The van der Waals surface area contributed by atoms with E-state index in [4.69, 9.17) is 74.3 Å². The quantitative estimate of drug-likeness (QED) is 0.450. The summed E-state index contributed by atoms with van der Waals surface area (Å²) in [5.41, 5.74) is 0.212. The number of benzene rings is 2. The topological polar surface area (TPSA) is 38.3 Å². The first-order valence-electron chi connectivity index (χ1n) is 6.42. The zero-order chi connectivity index (χ0) is 17.9. The fourth-order valence-corrected chi connectivity index (χ4v) is 2.69. The Hall–Kier alpha value is -0.550. The number of alkyl halides is 3. The monoisotopic (exact) mass is 445 g/mol. The first-order valence-corrected chi connectivity index (χ1v) is 8.69. The summed E-state index contributed by atoms with van der Waals surface area (Å²) in [6.07, 6.45) is -1.31. The molecule has 2 aromatic rings. The highest BCUT2D eigenvalue weighted by Gasteiger charge is 2.37. The number of rotatable bonds is 4. The largest absolute Gasteiger partial charge is 0.464 e. The van der Waals surface area contributed by atoms with Crippen LogP contribution in [-0.2, 0) is 0 Å². The minimum atomic E-state index is -1.96. The van der Waals surface area contributed by atoms with E-state index in [0.29, 0.717) is 5.02 Å². The molecule has 1 amide bonds. The Morgan fingerprint density at radius 2 is 1.67 bits per heavy atom. The van der Waals surface area contributed by atoms with Gasteiger partial charge in [0.1, 0.15) is 5.75 Å². The third kappa shape index (κ3) is 5.22. The van der Waals surface area contributed by atoms with Gasteiger partial charge in [-0.15, -0.1) is 0 Å². The van der Waals surface area contributed by atoms with Crippen molar-refractivity contribution in [3.63, 3.8) is 0 Å². The van der Waals surface area contributed by atoms with Gasteiger partial charge in [0.15, 0.2) is 0 Å². The van der Waals surface area contributed by atoms with Gasteiger partial charge in [0.2, 0.25) is 10.0 Å². The van der Waals surface area contributed by atoms with Crippen LogP contribution in [0.15, 0.2) is 42.5 Å². The molecular weight excluding hydrogens is 439 g/mol. The molecule has 0 aromatic heterocycles. The van der Waals surface area contributed by atoms with Crippen LogP contribution in [0.2, 0.25) is 15.1 Å². The molecule has 0 aliphatic carbocycles. The van der Waals surface area contributed by atoms with Gasteiger partial charge in [-0.3, -0.25) is 4.79 Å². The second-order valence-electron chi connectivity index (χ2n) is 4.57. The van der Waals surface area contributed by atoms with Gasteiger partial charge in [-0.1, -0.05) is 81.7 Å². The number of ether oxygens (including phenoxy) is 1. The Bertz CT molecular complexity index is 747. The summed E-state index contributed by atoms with van der Waals surface area (Å²) >= 11 is 35.5. The van der Waals surface area contributed by atoms with Crippen molar-refractivity contribution in [3.8, 4) is 5.75 Å². The van der Waals surface area contributed by atoms with Gasteiger partial charge in [0, 0.05) is 5.02 Å². The Morgan fingerprint density at radius 1 is 1.00 bits per heavy atom. The molecular formula is C15H9Cl6NO2. The molecule has 0 heterocycles. The lowest BCUT2D eigenvalue weighted by Gasteiger charge is -2.26. The van der Waals surface area contributed by atoms with E-state index in [2.05, 4.69) is 5.32 Å². The van der Waals surface area contributed by atoms with E-state index in [9.17, 15) is 4.79 Å². The van der Waals surface area contributed by atoms with Crippen LogP contribution in [0.4, 0.5) is 0 Å². The lowest BCUT2D eigenvalue weighted by Crippen LogP contribution is -2.48. The van der Waals surface area contributed by atoms with Gasteiger partial charge in [-0.25, -0.2) is 0 Å². The van der Waals surface area contributed by atoms with E-state index in [-0.39, 0.29) is 21.4 Å². The molecule has 1 N–H and O–H groups in total. The third-order valence-electron chi connectivity index (χ3n) is 2.82. The van der Waals surface area contributed by atoms with Gasteiger partial charge in [0.25, 0.3) is 5.91 Å². The van der Waals surface area contributed by atoms with Crippen molar-refractivity contribution in [2.45, 2.75) is 10.0 Å². The summed E-state index contributed by atoms with van der Waals surface area (Å²) < 4.78 is 3.58. The van der Waals surface area contributed by atoms with E-state index in [1.54, 1.807) is 24.3 Å². The zero-order valence-corrected chi connectivity index (χ0v) is 16.2. The molecule has 1 atom stereocenters. The summed E-state index contributed by atoms with van der Waals surface area (Å²) in [7, 11) is 0. The molecule has 9 heteroatoms. The molecule has 0 saturated heterocycles. The molecule has 0 radical (unpaired) electrons. The molecule has 0 aliphatic heterocycles. The maximum Gasteiger partial charge on any atom is 0.255 e. The van der Waals surface area contributed by atoms with E-state index in [1.807, 2.05) is 0 Å². The Balaban J connectivity index is 2.23. The van der Waals surface area contributed by atoms with Crippen LogP contribution in [0.3, 0.4) is 0 Å². The van der Waals surface area contributed by atoms with Gasteiger partial charge in [0.05, 0.1) is 15.6 Å². The van der Waals surface area contributed by atoms with Crippen molar-refractivity contribution >= 4 is 75.5 Å². The van der Waals surface area contributed by atoms with Gasteiger partial charge < -0.3 is 10.1 Å². The predicted molar refractivity (Wildman–Crippen MR) is 100 cm³/mol.